The number of benzene rings is 2. The van der Waals surface area contributed by atoms with Gasteiger partial charge in [-0.25, -0.2) is 4.98 Å². The Kier molecular flexibility index (Phi) is 3.24. The zero-order valence-corrected chi connectivity index (χ0v) is 14.6. The molecule has 3 aromatic heterocycles. The molecule has 0 saturated carbocycles. The number of aromatic amines is 2. The van der Waals surface area contributed by atoms with Crippen molar-refractivity contribution in [3.05, 3.63) is 52.8 Å². The first kappa shape index (κ1) is 15.5. The fraction of sp³-hybridized carbons (Fsp3) is 0.100. The maximum atomic E-state index is 11.7. The third kappa shape index (κ3) is 2.21. The SMILES string of the molecule is COc1ccc(-c2c3c[nH][nH]c3nc3c2oc2cc(=O)ccc23)c(OC)c1. The van der Waals surface area contributed by atoms with Crippen molar-refractivity contribution in [3.8, 4) is 22.6 Å². The van der Waals surface area contributed by atoms with E-state index < -0.39 is 0 Å². The van der Waals surface area contributed by atoms with E-state index in [1.54, 1.807) is 20.3 Å². The lowest BCUT2D eigenvalue weighted by Crippen LogP contribution is -1.93. The van der Waals surface area contributed by atoms with Gasteiger partial charge in [-0.05, 0) is 24.3 Å². The third-order valence-electron chi connectivity index (χ3n) is 4.70. The Labute approximate surface area is 152 Å². The third-order valence-corrected chi connectivity index (χ3v) is 4.70. The highest BCUT2D eigenvalue weighted by atomic mass is 16.5. The van der Waals surface area contributed by atoms with E-state index in [0.717, 1.165) is 21.9 Å². The number of H-pyrrole nitrogens is 2. The summed E-state index contributed by atoms with van der Waals surface area (Å²) >= 11 is 0. The molecule has 2 aromatic carbocycles. The van der Waals surface area contributed by atoms with Crippen LogP contribution in [0.15, 0.2) is 51.8 Å². The molecule has 0 atom stereocenters. The molecule has 134 valence electrons. The van der Waals surface area contributed by atoms with Crippen LogP contribution in [0.2, 0.25) is 0 Å². The van der Waals surface area contributed by atoms with E-state index in [4.69, 9.17) is 13.9 Å². The lowest BCUT2D eigenvalue weighted by Gasteiger charge is -2.11. The zero-order valence-electron chi connectivity index (χ0n) is 14.6. The molecule has 0 aliphatic rings. The summed E-state index contributed by atoms with van der Waals surface area (Å²) in [6.45, 7) is 0. The molecule has 2 N–H and O–H groups in total. The number of methoxy groups -OCH3 is 2. The molecule has 5 rings (SSSR count). The number of hydrogen-bond donors (Lipinski definition) is 2. The summed E-state index contributed by atoms with van der Waals surface area (Å²) in [7, 11) is 3.22. The van der Waals surface area contributed by atoms with Gasteiger partial charge < -0.3 is 19.0 Å². The highest BCUT2D eigenvalue weighted by Gasteiger charge is 2.21. The van der Waals surface area contributed by atoms with Crippen LogP contribution in [0.3, 0.4) is 0 Å². The predicted octanol–water partition coefficient (Wildman–Crippen LogP) is 3.83. The highest BCUT2D eigenvalue weighted by molar-refractivity contribution is 6.14. The van der Waals surface area contributed by atoms with Gasteiger partial charge in [-0.15, -0.1) is 0 Å². The number of fused-ring (bicyclic) bond motifs is 4. The number of hydrogen-bond acceptors (Lipinski definition) is 5. The van der Waals surface area contributed by atoms with Crippen molar-refractivity contribution in [2.75, 3.05) is 14.2 Å². The van der Waals surface area contributed by atoms with E-state index >= 15 is 0 Å². The molecule has 0 aliphatic carbocycles. The molecule has 0 aliphatic heterocycles. The van der Waals surface area contributed by atoms with Gasteiger partial charge in [-0.3, -0.25) is 9.89 Å². The smallest absolute Gasteiger partial charge is 0.182 e. The summed E-state index contributed by atoms with van der Waals surface area (Å²) in [6.07, 6.45) is 1.83. The second-order valence-corrected chi connectivity index (χ2v) is 6.17. The molecule has 0 radical (unpaired) electrons. The number of pyridine rings is 1. The zero-order chi connectivity index (χ0) is 18.5. The molecule has 0 saturated heterocycles. The first-order chi connectivity index (χ1) is 13.2. The van der Waals surface area contributed by atoms with E-state index in [-0.39, 0.29) is 5.43 Å². The minimum absolute atomic E-state index is 0.107. The molecular formula is C20H15N3O4. The molecule has 3 heterocycles. The summed E-state index contributed by atoms with van der Waals surface area (Å²) in [5.74, 6) is 1.34. The fourth-order valence-electron chi connectivity index (χ4n) is 3.44. The van der Waals surface area contributed by atoms with E-state index in [0.29, 0.717) is 33.8 Å². The normalized spacial score (nSPS) is 11.5. The number of furan rings is 1. The van der Waals surface area contributed by atoms with Crippen LogP contribution >= 0.6 is 0 Å². The Morgan fingerprint density at radius 1 is 1.04 bits per heavy atom. The molecule has 5 aromatic rings. The van der Waals surface area contributed by atoms with Crippen LogP contribution < -0.4 is 14.9 Å². The number of rotatable bonds is 3. The lowest BCUT2D eigenvalue weighted by atomic mass is 10.0. The number of ether oxygens (including phenoxy) is 2. The van der Waals surface area contributed by atoms with Crippen LogP contribution in [-0.4, -0.2) is 29.4 Å². The number of nitrogens with zero attached hydrogens (tertiary/aromatic N) is 1. The fourth-order valence-corrected chi connectivity index (χ4v) is 3.44. The van der Waals surface area contributed by atoms with Gasteiger partial charge in [0.25, 0.3) is 0 Å². The van der Waals surface area contributed by atoms with Crippen LogP contribution in [0.4, 0.5) is 0 Å². The van der Waals surface area contributed by atoms with E-state index in [9.17, 15) is 4.79 Å². The van der Waals surface area contributed by atoms with Gasteiger partial charge >= 0.3 is 0 Å². The van der Waals surface area contributed by atoms with Crippen molar-refractivity contribution in [1.82, 2.24) is 15.2 Å². The molecule has 7 heteroatoms. The Bertz CT molecular complexity index is 1380. The molecule has 27 heavy (non-hydrogen) atoms. The van der Waals surface area contributed by atoms with Crippen molar-refractivity contribution in [2.24, 2.45) is 0 Å². The Hall–Kier alpha value is -3.74. The second-order valence-electron chi connectivity index (χ2n) is 6.17. The molecule has 0 unspecified atom stereocenters. The van der Waals surface area contributed by atoms with Crippen LogP contribution in [0.5, 0.6) is 11.5 Å². The lowest BCUT2D eigenvalue weighted by molar-refractivity contribution is 0.395. The number of aromatic nitrogens is 3. The molecule has 0 bridgehead atoms. The minimum Gasteiger partial charge on any atom is -0.497 e. The Balaban J connectivity index is 1.96. The quantitative estimate of drug-likeness (QED) is 0.509. The van der Waals surface area contributed by atoms with Crippen molar-refractivity contribution in [3.63, 3.8) is 0 Å². The van der Waals surface area contributed by atoms with Gasteiger partial charge in [0.15, 0.2) is 16.7 Å². The predicted molar refractivity (Wildman–Crippen MR) is 103 cm³/mol. The van der Waals surface area contributed by atoms with Crippen molar-refractivity contribution >= 4 is 33.1 Å². The van der Waals surface area contributed by atoms with Crippen LogP contribution in [0.1, 0.15) is 0 Å². The van der Waals surface area contributed by atoms with Crippen LogP contribution in [-0.2, 0) is 0 Å². The Morgan fingerprint density at radius 3 is 2.74 bits per heavy atom. The first-order valence-electron chi connectivity index (χ1n) is 8.34. The summed E-state index contributed by atoms with van der Waals surface area (Å²) in [4.78, 5) is 16.4. The van der Waals surface area contributed by atoms with E-state index in [1.807, 2.05) is 24.4 Å². The molecule has 0 amide bonds. The molecule has 0 fully saturated rings. The minimum atomic E-state index is -0.107. The first-order valence-corrected chi connectivity index (χ1v) is 8.34. The summed E-state index contributed by atoms with van der Waals surface area (Å²) < 4.78 is 17.0. The molecule has 0 spiro atoms. The van der Waals surface area contributed by atoms with Crippen LogP contribution in [0.25, 0.3) is 44.2 Å². The van der Waals surface area contributed by atoms with Gasteiger partial charge in [0.1, 0.15) is 22.6 Å². The van der Waals surface area contributed by atoms with Gasteiger partial charge in [0.2, 0.25) is 0 Å². The van der Waals surface area contributed by atoms with Gasteiger partial charge in [-0.1, -0.05) is 0 Å². The summed E-state index contributed by atoms with van der Waals surface area (Å²) in [5, 5.41) is 7.67. The summed E-state index contributed by atoms with van der Waals surface area (Å²) in [6, 6.07) is 10.3. The van der Waals surface area contributed by atoms with Crippen LogP contribution in [0, 0.1) is 0 Å². The van der Waals surface area contributed by atoms with Gasteiger partial charge in [0, 0.05) is 40.2 Å². The monoisotopic (exact) mass is 361 g/mol. The van der Waals surface area contributed by atoms with Crippen molar-refractivity contribution in [2.45, 2.75) is 0 Å². The topological polar surface area (TPSA) is 93.1 Å². The van der Waals surface area contributed by atoms with Gasteiger partial charge in [-0.2, -0.15) is 0 Å². The van der Waals surface area contributed by atoms with Gasteiger partial charge in [0.05, 0.1) is 14.2 Å². The van der Waals surface area contributed by atoms with Crippen molar-refractivity contribution < 1.29 is 13.9 Å². The second kappa shape index (κ2) is 5.63. The maximum Gasteiger partial charge on any atom is 0.182 e. The molecular weight excluding hydrogens is 346 g/mol. The largest absolute Gasteiger partial charge is 0.497 e. The Morgan fingerprint density at radius 2 is 1.93 bits per heavy atom. The van der Waals surface area contributed by atoms with E-state index in [1.165, 1.54) is 12.1 Å². The highest BCUT2D eigenvalue weighted by Crippen LogP contribution is 2.42. The van der Waals surface area contributed by atoms with E-state index in [2.05, 4.69) is 15.2 Å². The average Bonchev–Trinajstić information content (AvgIpc) is 3.29. The summed E-state index contributed by atoms with van der Waals surface area (Å²) in [5.41, 5.74) is 4.03. The standard InChI is InChI=1S/C20H15N3O4/c1-25-11-4-6-12(15(8-11)26-2)17-14-9-21-23-20(14)22-18-13-5-3-10(24)7-16(13)27-19(17)18/h3-9H,1-2H3,(H2,21,22,23). The average molecular weight is 361 g/mol. The maximum absolute atomic E-state index is 11.7. The number of nitrogens with one attached hydrogen (secondary N) is 2. The van der Waals surface area contributed by atoms with Crippen molar-refractivity contribution in [1.29, 1.82) is 0 Å². The molecule has 7 nitrogen and oxygen atoms in total.